The summed E-state index contributed by atoms with van der Waals surface area (Å²) in [6.45, 7) is 9.55. The Bertz CT molecular complexity index is 309. The largest absolute Gasteiger partial charge is 0.494 e. The van der Waals surface area contributed by atoms with E-state index >= 15 is 0 Å². The lowest BCUT2D eigenvalue weighted by Gasteiger charge is -2.09. The fourth-order valence-electron chi connectivity index (χ4n) is 1.52. The fraction of sp³-hybridized carbons (Fsp3) is 0.600. The van der Waals surface area contributed by atoms with Crippen LogP contribution in [-0.2, 0) is 4.74 Å². The molecule has 0 radical (unpaired) electrons. The van der Waals surface area contributed by atoms with Gasteiger partial charge in [-0.15, -0.1) is 0 Å². The van der Waals surface area contributed by atoms with E-state index in [0.29, 0.717) is 12.5 Å². The average molecular weight is 251 g/mol. The highest BCUT2D eigenvalue weighted by Gasteiger charge is 1.96. The van der Waals surface area contributed by atoms with E-state index in [2.05, 4.69) is 19.2 Å². The molecule has 0 saturated carbocycles. The highest BCUT2D eigenvalue weighted by Crippen LogP contribution is 2.15. The molecule has 0 bridgehead atoms. The number of anilines is 1. The van der Waals surface area contributed by atoms with E-state index < -0.39 is 0 Å². The smallest absolute Gasteiger partial charge is 0.119 e. The summed E-state index contributed by atoms with van der Waals surface area (Å²) in [6.07, 6.45) is 1.13. The molecule has 3 nitrogen and oxygen atoms in total. The highest BCUT2D eigenvalue weighted by molar-refractivity contribution is 5.46. The summed E-state index contributed by atoms with van der Waals surface area (Å²) < 4.78 is 10.9. The maximum atomic E-state index is 5.54. The summed E-state index contributed by atoms with van der Waals surface area (Å²) in [4.78, 5) is 0. The molecule has 1 N–H and O–H groups in total. The van der Waals surface area contributed by atoms with Crippen molar-refractivity contribution in [1.29, 1.82) is 0 Å². The van der Waals surface area contributed by atoms with Gasteiger partial charge in [-0.25, -0.2) is 0 Å². The van der Waals surface area contributed by atoms with Gasteiger partial charge in [-0.2, -0.15) is 0 Å². The summed E-state index contributed by atoms with van der Waals surface area (Å²) in [7, 11) is 0. The number of hydrogen-bond donors (Lipinski definition) is 1. The molecule has 0 heterocycles. The van der Waals surface area contributed by atoms with Crippen LogP contribution in [0.25, 0.3) is 0 Å². The first-order valence-electron chi connectivity index (χ1n) is 6.77. The predicted octanol–water partition coefficient (Wildman–Crippen LogP) is 3.56. The molecule has 0 unspecified atom stereocenters. The van der Waals surface area contributed by atoms with E-state index in [9.17, 15) is 0 Å². The lowest BCUT2D eigenvalue weighted by Crippen LogP contribution is -2.10. The zero-order valence-electron chi connectivity index (χ0n) is 11.7. The number of ether oxygens (including phenoxy) is 2. The fourth-order valence-corrected chi connectivity index (χ4v) is 1.52. The van der Waals surface area contributed by atoms with Crippen LogP contribution < -0.4 is 10.1 Å². The van der Waals surface area contributed by atoms with Gasteiger partial charge in [0.2, 0.25) is 0 Å². The summed E-state index contributed by atoms with van der Waals surface area (Å²) in [6, 6.07) is 8.01. The summed E-state index contributed by atoms with van der Waals surface area (Å²) >= 11 is 0. The third-order valence-electron chi connectivity index (χ3n) is 2.58. The Morgan fingerprint density at radius 1 is 1.11 bits per heavy atom. The van der Waals surface area contributed by atoms with Gasteiger partial charge < -0.3 is 14.8 Å². The Labute approximate surface area is 110 Å². The molecule has 18 heavy (non-hydrogen) atoms. The topological polar surface area (TPSA) is 30.5 Å². The van der Waals surface area contributed by atoms with Crippen molar-refractivity contribution in [3.05, 3.63) is 24.3 Å². The minimum absolute atomic E-state index is 0.705. The normalized spacial score (nSPS) is 10.7. The second-order valence-electron chi connectivity index (χ2n) is 4.68. The monoisotopic (exact) mass is 251 g/mol. The molecule has 0 aromatic heterocycles. The van der Waals surface area contributed by atoms with Crippen LogP contribution in [0, 0.1) is 5.92 Å². The van der Waals surface area contributed by atoms with Gasteiger partial charge in [0, 0.05) is 18.8 Å². The maximum absolute atomic E-state index is 5.54. The summed E-state index contributed by atoms with van der Waals surface area (Å²) in [5.41, 5.74) is 1.10. The molecule has 0 spiro atoms. The van der Waals surface area contributed by atoms with Gasteiger partial charge in [-0.3, -0.25) is 0 Å². The standard InChI is InChI=1S/C15H25NO2/c1-4-18-15-7-5-14(6-8-15)16-10-12-17-11-9-13(2)3/h5-8,13,16H,4,9-12H2,1-3H3. The van der Waals surface area contributed by atoms with Crippen molar-refractivity contribution >= 4 is 5.69 Å². The van der Waals surface area contributed by atoms with Gasteiger partial charge in [0.1, 0.15) is 5.75 Å². The second-order valence-corrected chi connectivity index (χ2v) is 4.68. The third-order valence-corrected chi connectivity index (χ3v) is 2.58. The Balaban J connectivity index is 2.11. The van der Waals surface area contributed by atoms with E-state index in [1.54, 1.807) is 0 Å². The molecule has 102 valence electrons. The van der Waals surface area contributed by atoms with Crippen LogP contribution in [0.15, 0.2) is 24.3 Å². The van der Waals surface area contributed by atoms with Crippen LogP contribution in [0.5, 0.6) is 5.75 Å². The van der Waals surface area contributed by atoms with Gasteiger partial charge in [-0.1, -0.05) is 13.8 Å². The molecule has 0 aliphatic rings. The molecule has 3 heteroatoms. The van der Waals surface area contributed by atoms with Gasteiger partial charge in [-0.05, 0) is 43.5 Å². The quantitative estimate of drug-likeness (QED) is 0.681. The Morgan fingerprint density at radius 2 is 1.83 bits per heavy atom. The van der Waals surface area contributed by atoms with Crippen molar-refractivity contribution in [2.24, 2.45) is 5.92 Å². The number of hydrogen-bond acceptors (Lipinski definition) is 3. The van der Waals surface area contributed by atoms with E-state index in [4.69, 9.17) is 9.47 Å². The molecule has 1 aromatic carbocycles. The summed E-state index contributed by atoms with van der Waals surface area (Å²) in [5, 5.41) is 3.32. The molecule has 0 aliphatic carbocycles. The van der Waals surface area contributed by atoms with Gasteiger partial charge in [0.15, 0.2) is 0 Å². The molecular formula is C15H25NO2. The maximum Gasteiger partial charge on any atom is 0.119 e. The van der Waals surface area contributed by atoms with E-state index in [0.717, 1.165) is 37.6 Å². The van der Waals surface area contributed by atoms with Crippen LogP contribution >= 0.6 is 0 Å². The van der Waals surface area contributed by atoms with Crippen LogP contribution in [0.3, 0.4) is 0 Å². The molecule has 1 aromatic rings. The molecular weight excluding hydrogens is 226 g/mol. The first-order valence-corrected chi connectivity index (χ1v) is 6.77. The number of nitrogens with one attached hydrogen (secondary N) is 1. The minimum Gasteiger partial charge on any atom is -0.494 e. The van der Waals surface area contributed by atoms with Crippen molar-refractivity contribution in [3.63, 3.8) is 0 Å². The van der Waals surface area contributed by atoms with E-state index in [1.807, 2.05) is 31.2 Å². The van der Waals surface area contributed by atoms with Crippen LogP contribution in [-0.4, -0.2) is 26.4 Å². The number of rotatable bonds is 9. The molecule has 0 fully saturated rings. The van der Waals surface area contributed by atoms with Crippen LogP contribution in [0.4, 0.5) is 5.69 Å². The zero-order chi connectivity index (χ0) is 13.2. The Hall–Kier alpha value is -1.22. The predicted molar refractivity (Wildman–Crippen MR) is 76.4 cm³/mol. The SMILES string of the molecule is CCOc1ccc(NCCOCCC(C)C)cc1. The van der Waals surface area contributed by atoms with Crippen molar-refractivity contribution in [1.82, 2.24) is 0 Å². The molecule has 0 amide bonds. The first-order chi connectivity index (χ1) is 8.72. The average Bonchev–Trinajstić information content (AvgIpc) is 2.35. The number of benzene rings is 1. The van der Waals surface area contributed by atoms with Crippen molar-refractivity contribution in [3.8, 4) is 5.75 Å². The molecule has 0 atom stereocenters. The van der Waals surface area contributed by atoms with E-state index in [-0.39, 0.29) is 0 Å². The lowest BCUT2D eigenvalue weighted by atomic mass is 10.1. The first kappa shape index (κ1) is 14.8. The highest BCUT2D eigenvalue weighted by atomic mass is 16.5. The third kappa shape index (κ3) is 6.50. The van der Waals surface area contributed by atoms with Gasteiger partial charge in [0.05, 0.1) is 13.2 Å². The minimum atomic E-state index is 0.705. The van der Waals surface area contributed by atoms with Crippen molar-refractivity contribution in [2.75, 3.05) is 31.7 Å². The van der Waals surface area contributed by atoms with Crippen LogP contribution in [0.1, 0.15) is 27.2 Å². The Kier molecular flexibility index (Phi) is 7.26. The van der Waals surface area contributed by atoms with Gasteiger partial charge >= 0.3 is 0 Å². The summed E-state index contributed by atoms with van der Waals surface area (Å²) in [5.74, 6) is 1.63. The Morgan fingerprint density at radius 3 is 2.44 bits per heavy atom. The second kappa shape index (κ2) is 8.81. The van der Waals surface area contributed by atoms with E-state index in [1.165, 1.54) is 0 Å². The molecule has 0 aliphatic heterocycles. The van der Waals surface area contributed by atoms with Crippen molar-refractivity contribution < 1.29 is 9.47 Å². The molecule has 0 saturated heterocycles. The van der Waals surface area contributed by atoms with Crippen molar-refractivity contribution in [2.45, 2.75) is 27.2 Å². The molecule has 1 rings (SSSR count). The zero-order valence-corrected chi connectivity index (χ0v) is 11.7. The lowest BCUT2D eigenvalue weighted by molar-refractivity contribution is 0.132. The van der Waals surface area contributed by atoms with Crippen LogP contribution in [0.2, 0.25) is 0 Å². The van der Waals surface area contributed by atoms with Gasteiger partial charge in [0.25, 0.3) is 0 Å².